The van der Waals surface area contributed by atoms with Gasteiger partial charge >= 0.3 is 5.97 Å². The molecule has 45 heavy (non-hydrogen) atoms. The number of esters is 1. The number of aryl methyl sites for hydroxylation is 1. The second-order valence-corrected chi connectivity index (χ2v) is 11.7. The lowest BCUT2D eigenvalue weighted by Crippen LogP contribution is -2.38. The highest BCUT2D eigenvalue weighted by Gasteiger charge is 2.33. The molecule has 5 aromatic rings. The molecule has 0 spiro atoms. The number of methoxy groups -OCH3 is 2. The first kappa shape index (κ1) is 28.6. The predicted molar refractivity (Wildman–Crippen MR) is 172 cm³/mol. The minimum absolute atomic E-state index is 0.138. The van der Waals surface area contributed by atoms with E-state index < -0.39 is 0 Å². The van der Waals surface area contributed by atoms with Gasteiger partial charge in [0.05, 0.1) is 42.7 Å². The fraction of sp³-hybridized carbons (Fsp3) is 0.194. The van der Waals surface area contributed by atoms with Crippen molar-refractivity contribution in [2.75, 3.05) is 20.8 Å². The second kappa shape index (κ2) is 11.7. The van der Waals surface area contributed by atoms with Crippen molar-refractivity contribution in [3.8, 4) is 22.8 Å². The van der Waals surface area contributed by atoms with Gasteiger partial charge in [-0.15, -0.1) is 0 Å². The van der Waals surface area contributed by atoms with Crippen LogP contribution in [0, 0.1) is 0 Å². The van der Waals surface area contributed by atoms with Crippen LogP contribution in [0.15, 0.2) is 98.6 Å². The molecule has 0 bridgehead atoms. The minimum atomic E-state index is -0.365. The van der Waals surface area contributed by atoms with Crippen LogP contribution < -0.4 is 24.4 Å². The fourth-order valence-corrected chi connectivity index (χ4v) is 7.03. The largest absolute Gasteiger partial charge is 0.493 e. The Bertz CT molecular complexity index is 2150. The van der Waals surface area contributed by atoms with Crippen LogP contribution in [0.3, 0.4) is 0 Å². The summed E-state index contributed by atoms with van der Waals surface area (Å²) in [5.74, 6) is 2.03. The number of carbonyl (C=O) groups is 1. The van der Waals surface area contributed by atoms with E-state index >= 15 is 0 Å². The molecule has 8 nitrogen and oxygen atoms in total. The van der Waals surface area contributed by atoms with Crippen molar-refractivity contribution in [2.45, 2.75) is 25.8 Å². The summed E-state index contributed by atoms with van der Waals surface area (Å²) in [5, 5.41) is 0. The first-order chi connectivity index (χ1) is 22.0. The summed E-state index contributed by atoms with van der Waals surface area (Å²) in [4.78, 5) is 31.9. The summed E-state index contributed by atoms with van der Waals surface area (Å²) >= 11 is 1.34. The summed E-state index contributed by atoms with van der Waals surface area (Å²) in [6, 6.07) is 24.5. The highest BCUT2D eigenvalue weighted by Crippen LogP contribution is 2.42. The summed E-state index contributed by atoms with van der Waals surface area (Å²) in [6.45, 7) is 2.09. The van der Waals surface area contributed by atoms with E-state index in [0.29, 0.717) is 44.5 Å². The Morgan fingerprint density at radius 3 is 2.58 bits per heavy atom. The number of furan rings is 1. The van der Waals surface area contributed by atoms with Crippen LogP contribution in [0.4, 0.5) is 0 Å². The Balaban J connectivity index is 1.33. The Morgan fingerprint density at radius 1 is 1.00 bits per heavy atom. The molecule has 0 unspecified atom stereocenters. The van der Waals surface area contributed by atoms with Crippen LogP contribution in [0.1, 0.15) is 52.2 Å². The van der Waals surface area contributed by atoms with E-state index in [1.165, 1.54) is 16.9 Å². The number of aromatic nitrogens is 1. The number of hydrogen-bond acceptors (Lipinski definition) is 8. The molecular formula is C36H30N2O6S. The Hall–Kier alpha value is -5.15. The lowest BCUT2D eigenvalue weighted by molar-refractivity contribution is 0.0526. The number of hydrogen-bond donors (Lipinski definition) is 0. The van der Waals surface area contributed by atoms with Crippen molar-refractivity contribution in [3.63, 3.8) is 0 Å². The second-order valence-electron chi connectivity index (χ2n) is 10.7. The smallest absolute Gasteiger partial charge is 0.338 e. The van der Waals surface area contributed by atoms with Crippen LogP contribution in [-0.4, -0.2) is 31.4 Å². The van der Waals surface area contributed by atoms with Gasteiger partial charge in [0, 0.05) is 17.2 Å². The zero-order valence-electron chi connectivity index (χ0n) is 25.0. The zero-order valence-corrected chi connectivity index (χ0v) is 25.9. The molecule has 0 fully saturated rings. The number of carbonyl (C=O) groups excluding carboxylic acids is 1. The molecule has 0 saturated heterocycles. The molecule has 1 atom stereocenters. The summed E-state index contributed by atoms with van der Waals surface area (Å²) in [6.07, 6.45) is 3.42. The molecular weight excluding hydrogens is 588 g/mol. The van der Waals surface area contributed by atoms with Crippen LogP contribution in [-0.2, 0) is 11.2 Å². The van der Waals surface area contributed by atoms with Crippen molar-refractivity contribution >= 4 is 29.1 Å². The molecule has 0 radical (unpaired) electrons. The lowest BCUT2D eigenvalue weighted by Gasteiger charge is -2.31. The van der Waals surface area contributed by atoms with Gasteiger partial charge in [0.15, 0.2) is 16.3 Å². The SMILES string of the molecule is CCOC(=O)c1ccc(-c2ccc(/C=c3/sc4n(c3=O)[C@@H](c3ccc(OC)c(OC)c3)C3=C(N=4)c4ccccc4CC3)o2)cc1. The molecule has 3 heterocycles. The Kier molecular flexibility index (Phi) is 7.47. The Morgan fingerprint density at radius 2 is 1.80 bits per heavy atom. The molecule has 9 heteroatoms. The molecule has 2 aliphatic rings. The van der Waals surface area contributed by atoms with Crippen molar-refractivity contribution in [3.05, 3.63) is 132 Å². The molecule has 1 aliphatic heterocycles. The number of allylic oxidation sites excluding steroid dienone is 1. The highest BCUT2D eigenvalue weighted by molar-refractivity contribution is 7.07. The van der Waals surface area contributed by atoms with Gasteiger partial charge in [-0.05, 0) is 72.9 Å². The van der Waals surface area contributed by atoms with E-state index in [-0.39, 0.29) is 17.6 Å². The zero-order chi connectivity index (χ0) is 31.1. The molecule has 3 aromatic carbocycles. The van der Waals surface area contributed by atoms with Crippen molar-refractivity contribution in [2.24, 2.45) is 4.99 Å². The van der Waals surface area contributed by atoms with Gasteiger partial charge in [0.25, 0.3) is 5.56 Å². The van der Waals surface area contributed by atoms with E-state index in [4.69, 9.17) is 23.6 Å². The monoisotopic (exact) mass is 618 g/mol. The van der Waals surface area contributed by atoms with Crippen molar-refractivity contribution in [1.29, 1.82) is 0 Å². The maximum Gasteiger partial charge on any atom is 0.338 e. The lowest BCUT2D eigenvalue weighted by atomic mass is 9.83. The van der Waals surface area contributed by atoms with Gasteiger partial charge in [0.2, 0.25) is 0 Å². The first-order valence-electron chi connectivity index (χ1n) is 14.7. The topological polar surface area (TPSA) is 92.3 Å². The molecule has 226 valence electrons. The number of nitrogens with zero attached hydrogens (tertiary/aromatic N) is 2. The summed E-state index contributed by atoms with van der Waals surface area (Å²) < 4.78 is 24.7. The molecule has 2 aromatic heterocycles. The van der Waals surface area contributed by atoms with Gasteiger partial charge in [-0.25, -0.2) is 9.79 Å². The highest BCUT2D eigenvalue weighted by atomic mass is 32.1. The van der Waals surface area contributed by atoms with E-state index in [1.807, 2.05) is 48.5 Å². The van der Waals surface area contributed by atoms with Gasteiger partial charge in [-0.1, -0.05) is 53.8 Å². The average Bonchev–Trinajstić information content (AvgIpc) is 3.67. The van der Waals surface area contributed by atoms with Crippen LogP contribution >= 0.6 is 11.3 Å². The third-order valence-electron chi connectivity index (χ3n) is 8.18. The van der Waals surface area contributed by atoms with Gasteiger partial charge in [-0.2, -0.15) is 0 Å². The van der Waals surface area contributed by atoms with Gasteiger partial charge in [0.1, 0.15) is 11.5 Å². The molecule has 0 amide bonds. The first-order valence-corrected chi connectivity index (χ1v) is 15.5. The van der Waals surface area contributed by atoms with E-state index in [2.05, 4.69) is 18.2 Å². The van der Waals surface area contributed by atoms with Crippen LogP contribution in [0.25, 0.3) is 23.1 Å². The third-order valence-corrected chi connectivity index (χ3v) is 9.16. The van der Waals surface area contributed by atoms with Crippen LogP contribution in [0.5, 0.6) is 11.5 Å². The predicted octanol–water partition coefficient (Wildman–Crippen LogP) is 5.77. The van der Waals surface area contributed by atoms with Crippen molar-refractivity contribution < 1.29 is 23.4 Å². The van der Waals surface area contributed by atoms with Crippen LogP contribution in [0.2, 0.25) is 0 Å². The summed E-state index contributed by atoms with van der Waals surface area (Å²) in [7, 11) is 3.22. The van der Waals surface area contributed by atoms with E-state index in [0.717, 1.165) is 40.8 Å². The average molecular weight is 619 g/mol. The quantitative estimate of drug-likeness (QED) is 0.215. The molecule has 1 aliphatic carbocycles. The number of rotatable bonds is 7. The number of benzene rings is 3. The summed E-state index contributed by atoms with van der Waals surface area (Å²) in [5.41, 5.74) is 6.46. The minimum Gasteiger partial charge on any atom is -0.493 e. The van der Waals surface area contributed by atoms with Crippen molar-refractivity contribution in [1.82, 2.24) is 4.57 Å². The maximum atomic E-state index is 14.1. The van der Waals surface area contributed by atoms with Gasteiger partial charge in [-0.3, -0.25) is 9.36 Å². The molecule has 0 N–H and O–H groups in total. The maximum absolute atomic E-state index is 14.1. The molecule has 0 saturated carbocycles. The van der Waals surface area contributed by atoms with Gasteiger partial charge < -0.3 is 18.6 Å². The third kappa shape index (κ3) is 5.09. The fourth-order valence-electron chi connectivity index (χ4n) is 6.05. The van der Waals surface area contributed by atoms with E-state index in [1.54, 1.807) is 43.9 Å². The number of thiazole rings is 1. The Labute approximate surface area is 263 Å². The normalized spacial score (nSPS) is 15.5. The standard InChI is InChI=1S/C36H30N2O6S/c1-4-43-35(40)23-11-9-22(10-12-23)28-18-15-25(44-28)20-31-34(39)38-33(24-14-17-29(41-2)30(19-24)42-3)27-16-13-21-7-5-6-8-26(21)32(27)37-36(38)45-31/h5-12,14-15,17-20,33H,4,13,16H2,1-3H3/b31-20+/t33-/m0/s1. The number of ether oxygens (including phenoxy) is 3. The molecule has 7 rings (SSSR count). The number of fused-ring (bicyclic) bond motifs is 3. The van der Waals surface area contributed by atoms with E-state index in [9.17, 15) is 9.59 Å².